The monoisotopic (exact) mass is 431 g/mol. The van der Waals surface area contributed by atoms with Crippen molar-refractivity contribution in [2.75, 3.05) is 20.7 Å². The number of benzene rings is 1. The van der Waals surface area contributed by atoms with E-state index in [0.717, 1.165) is 17.7 Å². The number of likely N-dealkylation sites (N-methyl/N-ethyl adjacent to an activating group) is 1. The Balaban J connectivity index is 1.59. The number of carbonyl (C=O) groups excluding carboxylic acids is 1. The van der Waals surface area contributed by atoms with Crippen molar-refractivity contribution in [3.63, 3.8) is 0 Å². The second-order valence-corrected chi connectivity index (χ2v) is 8.82. The number of carboxylic acid groups (broad SMARTS) is 1. The van der Waals surface area contributed by atoms with Crippen molar-refractivity contribution >= 4 is 11.9 Å². The van der Waals surface area contributed by atoms with Gasteiger partial charge in [0, 0.05) is 18.0 Å². The summed E-state index contributed by atoms with van der Waals surface area (Å²) in [5, 5.41) is 30.4. The van der Waals surface area contributed by atoms with Crippen molar-refractivity contribution in [3.05, 3.63) is 35.1 Å². The molecular weight excluding hydrogens is 406 g/mol. The molecule has 5 atom stereocenters. The van der Waals surface area contributed by atoms with E-state index in [1.165, 1.54) is 0 Å². The summed E-state index contributed by atoms with van der Waals surface area (Å²) in [6.45, 7) is 0.738. The highest BCUT2D eigenvalue weighted by molar-refractivity contribution is 5.81. The van der Waals surface area contributed by atoms with E-state index in [1.54, 1.807) is 13.2 Å². The van der Waals surface area contributed by atoms with E-state index >= 15 is 0 Å². The number of rotatable bonds is 5. The maximum Gasteiger partial charge on any atom is 0.333 e. The quantitative estimate of drug-likeness (QED) is 0.566. The molecule has 9 heteroatoms. The van der Waals surface area contributed by atoms with Gasteiger partial charge in [0.2, 0.25) is 0 Å². The Morgan fingerprint density at radius 3 is 2.87 bits per heavy atom. The van der Waals surface area contributed by atoms with Crippen molar-refractivity contribution in [1.82, 2.24) is 4.90 Å². The van der Waals surface area contributed by atoms with Crippen LogP contribution in [-0.4, -0.2) is 76.7 Å². The number of hydrogen-bond acceptors (Lipinski definition) is 8. The average Bonchev–Trinajstić information content (AvgIpc) is 3.08. The molecule has 2 heterocycles. The van der Waals surface area contributed by atoms with Gasteiger partial charge in [0.05, 0.1) is 24.5 Å². The number of esters is 1. The molecule has 2 unspecified atom stereocenters. The predicted octanol–water partition coefficient (Wildman–Crippen LogP) is 0.352. The minimum atomic E-state index is -1.84. The number of carboxylic acids is 1. The summed E-state index contributed by atoms with van der Waals surface area (Å²) in [6.07, 6.45) is -0.0812. The Kier molecular flexibility index (Phi) is 4.38. The molecule has 9 nitrogen and oxygen atoms in total. The van der Waals surface area contributed by atoms with Crippen LogP contribution < -0.4 is 9.47 Å². The molecule has 5 rings (SSSR count). The smallest absolute Gasteiger partial charge is 0.333 e. The van der Waals surface area contributed by atoms with Crippen LogP contribution in [0.4, 0.5) is 0 Å². The summed E-state index contributed by atoms with van der Waals surface area (Å²) < 4.78 is 17.4. The highest BCUT2D eigenvalue weighted by Gasteiger charge is 2.72. The van der Waals surface area contributed by atoms with E-state index in [9.17, 15) is 19.8 Å². The number of methoxy groups -OCH3 is 1. The van der Waals surface area contributed by atoms with Gasteiger partial charge in [0.15, 0.2) is 23.7 Å². The van der Waals surface area contributed by atoms with E-state index in [-0.39, 0.29) is 18.2 Å². The van der Waals surface area contributed by atoms with Crippen LogP contribution in [0.15, 0.2) is 24.0 Å². The van der Waals surface area contributed by atoms with Crippen LogP contribution in [0.5, 0.6) is 11.5 Å². The number of ether oxygens (including phenoxy) is 3. The fraction of sp³-hybridized carbons (Fsp3) is 0.545. The highest BCUT2D eigenvalue weighted by Crippen LogP contribution is 2.65. The van der Waals surface area contributed by atoms with Gasteiger partial charge in [0.25, 0.3) is 0 Å². The molecule has 0 radical (unpaired) electrons. The Hall–Kier alpha value is -2.62. The largest absolute Gasteiger partial charge is 0.493 e. The summed E-state index contributed by atoms with van der Waals surface area (Å²) in [6, 6.07) is 3.73. The zero-order chi connectivity index (χ0) is 22.1. The molecule has 1 fully saturated rings. The van der Waals surface area contributed by atoms with E-state index < -0.39 is 41.6 Å². The lowest BCUT2D eigenvalue weighted by Crippen LogP contribution is -2.74. The van der Waals surface area contributed by atoms with E-state index in [4.69, 9.17) is 19.3 Å². The summed E-state index contributed by atoms with van der Waals surface area (Å²) in [5.41, 5.74) is 0.0627. The molecule has 2 aliphatic carbocycles. The number of hydrogen-bond donors (Lipinski definition) is 3. The molecule has 1 aromatic carbocycles. The van der Waals surface area contributed by atoms with Crippen LogP contribution in [-0.2, 0) is 26.2 Å². The average molecular weight is 431 g/mol. The lowest BCUT2D eigenvalue weighted by Gasteiger charge is -2.61. The Bertz CT molecular complexity index is 1010. The normalized spacial score (nSPS) is 33.6. The third kappa shape index (κ3) is 2.54. The van der Waals surface area contributed by atoms with E-state index in [1.807, 2.05) is 19.2 Å². The van der Waals surface area contributed by atoms with Gasteiger partial charge in [-0.25, -0.2) is 4.79 Å². The fourth-order valence-corrected chi connectivity index (χ4v) is 6.01. The van der Waals surface area contributed by atoms with Crippen molar-refractivity contribution < 1.29 is 39.1 Å². The molecule has 1 saturated heterocycles. The third-order valence-electron chi connectivity index (χ3n) is 7.43. The second kappa shape index (κ2) is 6.69. The summed E-state index contributed by atoms with van der Waals surface area (Å²) >= 11 is 0. The van der Waals surface area contributed by atoms with Gasteiger partial charge in [-0.3, -0.25) is 4.79 Å². The lowest BCUT2D eigenvalue weighted by atomic mass is 9.50. The zero-order valence-corrected chi connectivity index (χ0v) is 17.3. The first kappa shape index (κ1) is 20.3. The molecule has 4 aliphatic rings. The number of likely N-dealkylation sites (tertiary alicyclic amines) is 1. The van der Waals surface area contributed by atoms with E-state index in [2.05, 4.69) is 4.90 Å². The van der Waals surface area contributed by atoms with Gasteiger partial charge in [-0.1, -0.05) is 6.07 Å². The number of piperidine rings is 1. The van der Waals surface area contributed by atoms with Crippen molar-refractivity contribution in [3.8, 4) is 11.5 Å². The van der Waals surface area contributed by atoms with Gasteiger partial charge >= 0.3 is 11.9 Å². The fourth-order valence-electron chi connectivity index (χ4n) is 6.01. The van der Waals surface area contributed by atoms with Gasteiger partial charge < -0.3 is 34.4 Å². The molecule has 3 N–H and O–H groups in total. The summed E-state index contributed by atoms with van der Waals surface area (Å²) in [7, 11) is 3.56. The maximum atomic E-state index is 12.3. The molecule has 0 aromatic heterocycles. The van der Waals surface area contributed by atoms with Crippen LogP contribution in [0.25, 0.3) is 0 Å². The molecule has 1 spiro atoms. The molecule has 0 saturated carbocycles. The molecule has 166 valence electrons. The highest BCUT2D eigenvalue weighted by atomic mass is 16.6. The number of nitrogens with zero attached hydrogens (tertiary/aromatic N) is 1. The SMILES string of the molecule is COc1ccc2c3c1O[C@H]1C(OC(=O)CC(O)C(=O)O)=CC[C@@]4(O)[C@@H](C2)N(C)CCC314. The van der Waals surface area contributed by atoms with Crippen LogP contribution in [0.3, 0.4) is 0 Å². The topological polar surface area (TPSA) is 126 Å². The van der Waals surface area contributed by atoms with Crippen LogP contribution in [0, 0.1) is 0 Å². The lowest BCUT2D eigenvalue weighted by molar-refractivity contribution is -0.170. The third-order valence-corrected chi connectivity index (χ3v) is 7.43. The van der Waals surface area contributed by atoms with E-state index in [0.29, 0.717) is 24.3 Å². The minimum Gasteiger partial charge on any atom is -0.493 e. The standard InChI is InChI=1S/C22H25NO8/c1-23-8-7-21-17-11-3-4-13(29-2)18(17)31-19(21)14(5-6-22(21,28)15(23)9-11)30-16(25)10-12(24)20(26)27/h3-5,12,15,19,24,28H,6-10H2,1-2H3,(H,26,27)/t12?,15-,19+,21?,22-/m1/s1. The second-order valence-electron chi connectivity index (χ2n) is 8.82. The first-order valence-electron chi connectivity index (χ1n) is 10.3. The first-order valence-corrected chi connectivity index (χ1v) is 10.3. The van der Waals surface area contributed by atoms with Crippen molar-refractivity contribution in [2.45, 2.75) is 54.9 Å². The predicted molar refractivity (Wildman–Crippen MR) is 106 cm³/mol. The van der Waals surface area contributed by atoms with Gasteiger partial charge in [0.1, 0.15) is 5.76 Å². The van der Waals surface area contributed by atoms with Gasteiger partial charge in [-0.2, -0.15) is 0 Å². The Morgan fingerprint density at radius 2 is 2.16 bits per heavy atom. The Labute approximate surface area is 178 Å². The molecule has 1 aromatic rings. The van der Waals surface area contributed by atoms with Crippen LogP contribution in [0.1, 0.15) is 30.4 Å². The molecular formula is C22H25NO8. The number of aliphatic hydroxyl groups is 2. The summed E-state index contributed by atoms with van der Waals surface area (Å²) in [5.74, 6) is -1.02. The van der Waals surface area contributed by atoms with Crippen molar-refractivity contribution in [2.24, 2.45) is 0 Å². The zero-order valence-electron chi connectivity index (χ0n) is 17.3. The van der Waals surface area contributed by atoms with Gasteiger partial charge in [-0.05, 0) is 44.1 Å². The maximum absolute atomic E-state index is 12.3. The molecule has 2 aliphatic heterocycles. The number of aliphatic hydroxyl groups excluding tert-OH is 1. The Morgan fingerprint density at radius 1 is 1.39 bits per heavy atom. The molecule has 31 heavy (non-hydrogen) atoms. The summed E-state index contributed by atoms with van der Waals surface area (Å²) in [4.78, 5) is 25.4. The first-order chi connectivity index (χ1) is 14.7. The molecule has 2 bridgehead atoms. The number of carbonyl (C=O) groups is 2. The molecule has 0 amide bonds. The minimum absolute atomic E-state index is 0.124. The van der Waals surface area contributed by atoms with Crippen LogP contribution >= 0.6 is 0 Å². The van der Waals surface area contributed by atoms with Gasteiger partial charge in [-0.15, -0.1) is 0 Å². The van der Waals surface area contributed by atoms with Crippen molar-refractivity contribution in [1.29, 1.82) is 0 Å². The number of aliphatic carboxylic acids is 1. The van der Waals surface area contributed by atoms with Crippen LogP contribution in [0.2, 0.25) is 0 Å².